The molecule has 4 heterocycles. The van der Waals surface area contributed by atoms with Crippen molar-refractivity contribution < 1.29 is 5.11 Å². The average Bonchev–Trinajstić information content (AvgIpc) is 2.95. The lowest BCUT2D eigenvalue weighted by Gasteiger charge is -2.33. The molecule has 3 aliphatic heterocycles. The third-order valence-corrected chi connectivity index (χ3v) is 5.93. The SMILES string of the molecule is Cc1cc2n(c(=O)c1CO)CC1=C(N3CCSCC3)CCN=C12. The summed E-state index contributed by atoms with van der Waals surface area (Å²) in [5, 5.41) is 9.48. The van der Waals surface area contributed by atoms with Gasteiger partial charge in [-0.15, -0.1) is 0 Å². The van der Waals surface area contributed by atoms with Crippen LogP contribution in [0.2, 0.25) is 0 Å². The van der Waals surface area contributed by atoms with Crippen LogP contribution in [0.1, 0.15) is 23.2 Å². The van der Waals surface area contributed by atoms with E-state index >= 15 is 0 Å². The van der Waals surface area contributed by atoms with Gasteiger partial charge in [0.1, 0.15) is 0 Å². The standard InChI is InChI=1S/C17H21N3O2S/c1-11-8-15-16-12(9-20(15)17(22)13(11)10-21)14(2-3-18-16)19-4-6-23-7-5-19/h8,21H,2-7,9-10H2,1H3. The number of aliphatic hydroxyl groups excluding tert-OH is 1. The molecule has 0 aromatic carbocycles. The largest absolute Gasteiger partial charge is 0.391 e. The van der Waals surface area contributed by atoms with Crippen molar-refractivity contribution in [1.82, 2.24) is 9.47 Å². The van der Waals surface area contributed by atoms with Crippen molar-refractivity contribution in [2.75, 3.05) is 31.1 Å². The van der Waals surface area contributed by atoms with Crippen LogP contribution in [-0.4, -0.2) is 51.4 Å². The number of dihydropyridines is 1. The zero-order chi connectivity index (χ0) is 16.0. The van der Waals surface area contributed by atoms with Crippen LogP contribution in [0.5, 0.6) is 0 Å². The molecule has 0 saturated carbocycles. The molecule has 0 spiro atoms. The zero-order valence-electron chi connectivity index (χ0n) is 13.3. The zero-order valence-corrected chi connectivity index (χ0v) is 14.2. The highest BCUT2D eigenvalue weighted by Crippen LogP contribution is 2.31. The normalized spacial score (nSPS) is 20.4. The molecule has 6 heteroatoms. The Labute approximate surface area is 139 Å². The van der Waals surface area contributed by atoms with Crippen LogP contribution in [0, 0.1) is 6.92 Å². The first-order valence-electron chi connectivity index (χ1n) is 8.15. The van der Waals surface area contributed by atoms with Gasteiger partial charge < -0.3 is 14.6 Å². The number of rotatable bonds is 2. The van der Waals surface area contributed by atoms with Gasteiger partial charge in [0.25, 0.3) is 5.56 Å². The molecular formula is C17H21N3O2S. The van der Waals surface area contributed by atoms with Crippen molar-refractivity contribution in [2.45, 2.75) is 26.5 Å². The van der Waals surface area contributed by atoms with Crippen molar-refractivity contribution in [3.05, 3.63) is 44.5 Å². The van der Waals surface area contributed by atoms with E-state index in [4.69, 9.17) is 4.99 Å². The van der Waals surface area contributed by atoms with Gasteiger partial charge in [-0.05, 0) is 18.6 Å². The highest BCUT2D eigenvalue weighted by Gasteiger charge is 2.32. The van der Waals surface area contributed by atoms with Gasteiger partial charge in [0, 0.05) is 54.4 Å². The Morgan fingerprint density at radius 2 is 2.13 bits per heavy atom. The molecule has 1 aromatic heterocycles. The maximum absolute atomic E-state index is 12.6. The summed E-state index contributed by atoms with van der Waals surface area (Å²) in [7, 11) is 0. The van der Waals surface area contributed by atoms with Gasteiger partial charge in [-0.25, -0.2) is 0 Å². The quantitative estimate of drug-likeness (QED) is 0.883. The third kappa shape index (κ3) is 2.35. The molecule has 1 aromatic rings. The predicted octanol–water partition coefficient (Wildman–Crippen LogP) is 1.16. The first kappa shape index (κ1) is 15.0. The smallest absolute Gasteiger partial charge is 0.257 e. The molecule has 5 nitrogen and oxygen atoms in total. The molecule has 0 radical (unpaired) electrons. The average molecular weight is 331 g/mol. The number of allylic oxidation sites excluding steroid dienone is 1. The summed E-state index contributed by atoms with van der Waals surface area (Å²) in [6.45, 7) is 5.26. The Hall–Kier alpha value is -1.53. The number of aliphatic hydroxyl groups is 1. The molecule has 0 aliphatic carbocycles. The number of hydrogen-bond donors (Lipinski definition) is 1. The summed E-state index contributed by atoms with van der Waals surface area (Å²) < 4.78 is 1.79. The van der Waals surface area contributed by atoms with E-state index in [0.717, 1.165) is 43.0 Å². The van der Waals surface area contributed by atoms with Crippen LogP contribution in [-0.2, 0) is 13.2 Å². The highest BCUT2D eigenvalue weighted by molar-refractivity contribution is 7.99. The monoisotopic (exact) mass is 331 g/mol. The lowest BCUT2D eigenvalue weighted by molar-refractivity contribution is 0.278. The summed E-state index contributed by atoms with van der Waals surface area (Å²) in [4.78, 5) is 19.9. The first-order valence-corrected chi connectivity index (χ1v) is 9.30. The second kappa shape index (κ2) is 5.83. The van der Waals surface area contributed by atoms with E-state index in [9.17, 15) is 9.90 Å². The van der Waals surface area contributed by atoms with E-state index in [0.29, 0.717) is 12.1 Å². The number of aryl methyl sites for hydroxylation is 1. The number of fused-ring (bicyclic) bond motifs is 3. The lowest BCUT2D eigenvalue weighted by Crippen LogP contribution is -2.34. The first-order chi connectivity index (χ1) is 11.2. The van der Waals surface area contributed by atoms with E-state index in [1.807, 2.05) is 24.8 Å². The van der Waals surface area contributed by atoms with Crippen molar-refractivity contribution in [3.8, 4) is 0 Å². The number of aromatic nitrogens is 1. The van der Waals surface area contributed by atoms with Crippen LogP contribution in [0.4, 0.5) is 0 Å². The van der Waals surface area contributed by atoms with Crippen LogP contribution >= 0.6 is 11.8 Å². The second-order valence-corrected chi connectivity index (χ2v) is 7.47. The van der Waals surface area contributed by atoms with Gasteiger partial charge in [0.15, 0.2) is 0 Å². The van der Waals surface area contributed by atoms with E-state index in [-0.39, 0.29) is 12.2 Å². The molecule has 3 aliphatic rings. The number of hydrogen-bond acceptors (Lipinski definition) is 5. The highest BCUT2D eigenvalue weighted by atomic mass is 32.2. The minimum atomic E-state index is -0.202. The molecule has 0 atom stereocenters. The van der Waals surface area contributed by atoms with Gasteiger partial charge >= 0.3 is 0 Å². The Kier molecular flexibility index (Phi) is 3.81. The predicted molar refractivity (Wildman–Crippen MR) is 93.3 cm³/mol. The topological polar surface area (TPSA) is 57.8 Å². The van der Waals surface area contributed by atoms with Crippen LogP contribution in [0.15, 0.2) is 27.1 Å². The second-order valence-electron chi connectivity index (χ2n) is 6.25. The minimum Gasteiger partial charge on any atom is -0.391 e. The van der Waals surface area contributed by atoms with Crippen molar-refractivity contribution in [2.24, 2.45) is 4.99 Å². The number of pyridine rings is 1. The number of thioether (sulfide) groups is 1. The van der Waals surface area contributed by atoms with Gasteiger partial charge in [-0.3, -0.25) is 9.79 Å². The molecule has 1 N–H and O–H groups in total. The Balaban J connectivity index is 1.82. The van der Waals surface area contributed by atoms with Crippen LogP contribution < -0.4 is 5.56 Å². The molecule has 122 valence electrons. The van der Waals surface area contributed by atoms with E-state index in [1.165, 1.54) is 22.8 Å². The Bertz CT molecular complexity index is 773. The fourth-order valence-electron chi connectivity index (χ4n) is 3.76. The van der Waals surface area contributed by atoms with Crippen LogP contribution in [0.25, 0.3) is 0 Å². The van der Waals surface area contributed by atoms with E-state index in [1.54, 1.807) is 4.57 Å². The third-order valence-electron chi connectivity index (χ3n) is 4.99. The van der Waals surface area contributed by atoms with Crippen molar-refractivity contribution in [3.63, 3.8) is 0 Å². The van der Waals surface area contributed by atoms with Gasteiger partial charge in [-0.1, -0.05) is 0 Å². The van der Waals surface area contributed by atoms with E-state index < -0.39 is 0 Å². The minimum absolute atomic E-state index is 0.0688. The molecule has 0 unspecified atom stereocenters. The van der Waals surface area contributed by atoms with E-state index in [2.05, 4.69) is 4.90 Å². The molecule has 0 bridgehead atoms. The number of nitrogens with zero attached hydrogens (tertiary/aromatic N) is 3. The van der Waals surface area contributed by atoms with Gasteiger partial charge in [0.2, 0.25) is 0 Å². The molecule has 0 amide bonds. The fourth-order valence-corrected chi connectivity index (χ4v) is 4.66. The van der Waals surface area contributed by atoms with Crippen molar-refractivity contribution >= 4 is 17.5 Å². The van der Waals surface area contributed by atoms with Gasteiger partial charge in [-0.2, -0.15) is 11.8 Å². The maximum Gasteiger partial charge on any atom is 0.257 e. The van der Waals surface area contributed by atoms with Gasteiger partial charge in [0.05, 0.1) is 24.6 Å². The summed E-state index contributed by atoms with van der Waals surface area (Å²) in [5.74, 6) is 2.34. The van der Waals surface area contributed by atoms with Crippen LogP contribution in [0.3, 0.4) is 0 Å². The summed E-state index contributed by atoms with van der Waals surface area (Å²) >= 11 is 2.01. The molecular weight excluding hydrogens is 310 g/mol. The fraction of sp³-hybridized carbons (Fsp3) is 0.529. The lowest BCUT2D eigenvalue weighted by atomic mass is 10.0. The molecule has 23 heavy (non-hydrogen) atoms. The molecule has 1 saturated heterocycles. The maximum atomic E-state index is 12.6. The Morgan fingerprint density at radius 3 is 2.87 bits per heavy atom. The summed E-state index contributed by atoms with van der Waals surface area (Å²) in [5.41, 5.74) is 5.80. The summed E-state index contributed by atoms with van der Waals surface area (Å²) in [6, 6.07) is 2.01. The van der Waals surface area contributed by atoms with Crippen molar-refractivity contribution in [1.29, 1.82) is 0 Å². The summed E-state index contributed by atoms with van der Waals surface area (Å²) in [6.07, 6.45) is 0.970. The Morgan fingerprint density at radius 1 is 1.35 bits per heavy atom. The molecule has 1 fully saturated rings. The molecule has 4 rings (SSSR count). The number of aliphatic imine (C=N–C) groups is 1.